The van der Waals surface area contributed by atoms with Gasteiger partial charge in [-0.05, 0) is 78.6 Å². The van der Waals surface area contributed by atoms with Crippen molar-refractivity contribution in [1.29, 1.82) is 0 Å². The van der Waals surface area contributed by atoms with Crippen LogP contribution in [-0.2, 0) is 30.5 Å². The molecular formula is C36H41FN2O6S. The summed E-state index contributed by atoms with van der Waals surface area (Å²) < 4.78 is 13.4. The Balaban J connectivity index is 1.30. The number of aromatic nitrogens is 1. The molecule has 2 heterocycles. The Hall–Kier alpha value is -3.51. The molecular weight excluding hydrogens is 607 g/mol. The van der Waals surface area contributed by atoms with Gasteiger partial charge in [-0.1, -0.05) is 48.5 Å². The Labute approximate surface area is 272 Å². The summed E-state index contributed by atoms with van der Waals surface area (Å²) in [4.78, 5) is 20.0. The Bertz CT molecular complexity index is 1560. The molecule has 3 atom stereocenters. The lowest BCUT2D eigenvalue weighted by molar-refractivity contribution is -0.131. The number of aryl methyl sites for hydroxylation is 3. The minimum atomic E-state index is -1.54. The summed E-state index contributed by atoms with van der Waals surface area (Å²) in [5.41, 5.74) is 3.75. The maximum Gasteiger partial charge on any atom is 0.233 e. The number of aliphatic hydroxyl groups excluding tert-OH is 4. The summed E-state index contributed by atoms with van der Waals surface area (Å²) >= 11 is 1.60. The molecule has 244 valence electrons. The molecule has 1 fully saturated rings. The third-order valence-corrected chi connectivity index (χ3v) is 9.78. The SMILES string of the molecule is O=C1[C@H](CC[C@H](O)c2ccc(F)cc2)[C@@H](c2ccc(CCC(O)(CO)CO)cc2)N1c1ccc(CCc2nc(CCO)cs2)cc1. The first-order chi connectivity index (χ1) is 22.2. The fraction of sp³-hybridized carbons (Fsp3) is 0.389. The average Bonchev–Trinajstić information content (AvgIpc) is 3.53. The number of rotatable bonds is 16. The Morgan fingerprint density at radius 1 is 0.870 bits per heavy atom. The van der Waals surface area contributed by atoms with E-state index in [0.29, 0.717) is 31.2 Å². The summed E-state index contributed by atoms with van der Waals surface area (Å²) in [5, 5.41) is 52.0. The van der Waals surface area contributed by atoms with Gasteiger partial charge in [0.05, 0.1) is 42.0 Å². The van der Waals surface area contributed by atoms with Crippen LogP contribution in [0.3, 0.4) is 0 Å². The second-order valence-electron chi connectivity index (χ2n) is 12.1. The number of aliphatic hydroxyl groups is 5. The largest absolute Gasteiger partial charge is 0.396 e. The van der Waals surface area contributed by atoms with Crippen molar-refractivity contribution < 1.29 is 34.7 Å². The maximum atomic E-state index is 13.6. The number of carbonyl (C=O) groups excluding carboxylic acids is 1. The van der Waals surface area contributed by atoms with Crippen LogP contribution in [0, 0.1) is 11.7 Å². The predicted octanol–water partition coefficient (Wildman–Crippen LogP) is 4.47. The van der Waals surface area contributed by atoms with E-state index in [-0.39, 0.29) is 36.7 Å². The molecule has 10 heteroatoms. The van der Waals surface area contributed by atoms with Gasteiger partial charge in [0.1, 0.15) is 11.4 Å². The van der Waals surface area contributed by atoms with E-state index in [4.69, 9.17) is 5.11 Å². The monoisotopic (exact) mass is 648 g/mol. The highest BCUT2D eigenvalue weighted by molar-refractivity contribution is 7.09. The van der Waals surface area contributed by atoms with Gasteiger partial charge in [-0.2, -0.15) is 0 Å². The molecule has 5 rings (SSSR count). The van der Waals surface area contributed by atoms with Gasteiger partial charge < -0.3 is 30.4 Å². The number of hydrogen-bond donors (Lipinski definition) is 5. The maximum absolute atomic E-state index is 13.6. The average molecular weight is 649 g/mol. The smallest absolute Gasteiger partial charge is 0.233 e. The molecule has 1 aromatic heterocycles. The molecule has 0 unspecified atom stereocenters. The molecule has 1 aliphatic rings. The van der Waals surface area contributed by atoms with Crippen molar-refractivity contribution in [3.05, 3.63) is 117 Å². The molecule has 0 bridgehead atoms. The van der Waals surface area contributed by atoms with E-state index in [1.54, 1.807) is 28.4 Å². The molecule has 0 saturated carbocycles. The van der Waals surface area contributed by atoms with Gasteiger partial charge >= 0.3 is 0 Å². The van der Waals surface area contributed by atoms with Crippen LogP contribution in [-0.4, -0.2) is 61.8 Å². The molecule has 46 heavy (non-hydrogen) atoms. The lowest BCUT2D eigenvalue weighted by atomic mass is 9.78. The number of thiazole rings is 1. The zero-order valence-electron chi connectivity index (χ0n) is 25.6. The molecule has 4 aromatic rings. The third kappa shape index (κ3) is 8.06. The van der Waals surface area contributed by atoms with Crippen LogP contribution < -0.4 is 4.90 Å². The van der Waals surface area contributed by atoms with Crippen LogP contribution in [0.4, 0.5) is 10.1 Å². The van der Waals surface area contributed by atoms with E-state index in [2.05, 4.69) is 4.98 Å². The number of halogens is 1. The minimum Gasteiger partial charge on any atom is -0.396 e. The van der Waals surface area contributed by atoms with Crippen LogP contribution in [0.2, 0.25) is 0 Å². The van der Waals surface area contributed by atoms with Gasteiger partial charge in [-0.3, -0.25) is 4.79 Å². The zero-order valence-corrected chi connectivity index (χ0v) is 26.5. The third-order valence-electron chi connectivity index (χ3n) is 8.82. The molecule has 1 amide bonds. The summed E-state index contributed by atoms with van der Waals surface area (Å²) in [6.07, 6.45) is 2.79. The van der Waals surface area contributed by atoms with Gasteiger partial charge in [0.15, 0.2) is 0 Å². The van der Waals surface area contributed by atoms with Crippen LogP contribution in [0.15, 0.2) is 78.2 Å². The van der Waals surface area contributed by atoms with Gasteiger partial charge in [0.25, 0.3) is 0 Å². The van der Waals surface area contributed by atoms with Crippen molar-refractivity contribution in [2.45, 2.75) is 62.7 Å². The van der Waals surface area contributed by atoms with E-state index < -0.39 is 24.9 Å². The molecule has 1 saturated heterocycles. The lowest BCUT2D eigenvalue weighted by Gasteiger charge is -2.48. The zero-order chi connectivity index (χ0) is 32.7. The van der Waals surface area contributed by atoms with E-state index in [1.807, 2.05) is 53.9 Å². The highest BCUT2D eigenvalue weighted by Gasteiger charge is 2.48. The second kappa shape index (κ2) is 15.4. The number of anilines is 1. The Kier molecular flexibility index (Phi) is 11.3. The first kappa shape index (κ1) is 33.8. The van der Waals surface area contributed by atoms with Crippen molar-refractivity contribution >= 4 is 22.9 Å². The number of benzene rings is 3. The number of hydrogen-bond acceptors (Lipinski definition) is 8. The highest BCUT2D eigenvalue weighted by Crippen LogP contribution is 2.46. The Morgan fingerprint density at radius 2 is 1.52 bits per heavy atom. The van der Waals surface area contributed by atoms with Crippen LogP contribution >= 0.6 is 11.3 Å². The standard InChI is InChI=1S/C36H41FN2O6S/c37-28-10-8-26(9-11-28)32(43)15-14-31-34(27-6-1-25(2-7-27)17-19-36(45,22-41)23-42)39(35(31)44)30-12-3-24(4-13-30)5-16-33-38-29(18-20-40)21-46-33/h1-4,6-13,21,31-32,34,40-43,45H,5,14-20,22-23H2/t31-,32+,34-/m1/s1. The number of amides is 1. The van der Waals surface area contributed by atoms with Crippen molar-refractivity contribution in [1.82, 2.24) is 4.98 Å². The normalized spacial score (nSPS) is 17.3. The summed E-state index contributed by atoms with van der Waals surface area (Å²) in [7, 11) is 0. The van der Waals surface area contributed by atoms with Crippen LogP contribution in [0.5, 0.6) is 0 Å². The van der Waals surface area contributed by atoms with E-state index >= 15 is 0 Å². The number of carbonyl (C=O) groups is 1. The minimum absolute atomic E-state index is 0.0247. The molecule has 3 aromatic carbocycles. The first-order valence-electron chi connectivity index (χ1n) is 15.7. The first-order valence-corrected chi connectivity index (χ1v) is 16.5. The van der Waals surface area contributed by atoms with E-state index in [9.17, 15) is 29.6 Å². The van der Waals surface area contributed by atoms with E-state index in [1.165, 1.54) is 12.1 Å². The van der Waals surface area contributed by atoms with Gasteiger partial charge in [0, 0.05) is 30.5 Å². The highest BCUT2D eigenvalue weighted by atomic mass is 32.1. The van der Waals surface area contributed by atoms with Crippen molar-refractivity contribution in [3.63, 3.8) is 0 Å². The molecule has 0 spiro atoms. The van der Waals surface area contributed by atoms with Gasteiger partial charge in [-0.15, -0.1) is 11.3 Å². The Morgan fingerprint density at radius 3 is 2.17 bits per heavy atom. The number of β-lactam (4-membered cyclic amide) rings is 1. The molecule has 5 N–H and O–H groups in total. The quantitative estimate of drug-likeness (QED) is 0.113. The van der Waals surface area contributed by atoms with Crippen molar-refractivity contribution in [2.24, 2.45) is 5.92 Å². The summed E-state index contributed by atoms with van der Waals surface area (Å²) in [5.74, 6) is -0.751. The molecule has 0 aliphatic carbocycles. The van der Waals surface area contributed by atoms with Crippen LogP contribution in [0.25, 0.3) is 0 Å². The second-order valence-corrected chi connectivity index (χ2v) is 13.0. The lowest BCUT2D eigenvalue weighted by Crippen LogP contribution is -2.55. The topological polar surface area (TPSA) is 134 Å². The molecule has 0 radical (unpaired) electrons. The molecule has 1 aliphatic heterocycles. The fourth-order valence-corrected chi connectivity index (χ4v) is 6.75. The number of nitrogens with zero attached hydrogens (tertiary/aromatic N) is 2. The van der Waals surface area contributed by atoms with Crippen molar-refractivity contribution in [3.8, 4) is 0 Å². The van der Waals surface area contributed by atoms with E-state index in [0.717, 1.165) is 45.9 Å². The summed E-state index contributed by atoms with van der Waals surface area (Å²) in [6, 6.07) is 21.3. The fourth-order valence-electron chi connectivity index (χ4n) is 5.92. The van der Waals surface area contributed by atoms with Crippen LogP contribution in [0.1, 0.15) is 64.4 Å². The van der Waals surface area contributed by atoms with Gasteiger partial charge in [0.2, 0.25) is 5.91 Å². The van der Waals surface area contributed by atoms with Gasteiger partial charge in [-0.25, -0.2) is 9.37 Å². The predicted molar refractivity (Wildman–Crippen MR) is 175 cm³/mol. The molecule has 8 nitrogen and oxygen atoms in total. The summed E-state index contributed by atoms with van der Waals surface area (Å²) in [6.45, 7) is -0.969. The van der Waals surface area contributed by atoms with Crippen molar-refractivity contribution in [2.75, 3.05) is 24.7 Å².